The number of benzene rings is 1. The van der Waals surface area contributed by atoms with Gasteiger partial charge in [-0.1, -0.05) is 42.5 Å². The van der Waals surface area contributed by atoms with Crippen molar-refractivity contribution in [1.82, 2.24) is 0 Å². The Morgan fingerprint density at radius 1 is 0.944 bits per heavy atom. The summed E-state index contributed by atoms with van der Waals surface area (Å²) in [6, 6.07) is 18.9. The summed E-state index contributed by atoms with van der Waals surface area (Å²) < 4.78 is 7.33. The van der Waals surface area contributed by atoms with E-state index in [1.165, 1.54) is 60.6 Å². The third-order valence-corrected chi connectivity index (χ3v) is 11.0. The first-order valence-corrected chi connectivity index (χ1v) is 14.7. The standard InChI is InChI=1S/C29H34NO3S2.BrH/c1-30(15-13-21(14-16-30)20-7-3-2-4-8-20)27-22-11-12-23(27)24(19-22)33-28(31)29(32,25-9-5-17-34-25)26-10-6-18-35-26;/h2-10,17-18,21-24,27,32H,11-16,19H2,1H3;1H/q+1;/p-1/t21?,22-,23+,24+,27-,30?;/m0./s1. The molecule has 2 saturated carbocycles. The summed E-state index contributed by atoms with van der Waals surface area (Å²) >= 11 is 2.81. The van der Waals surface area contributed by atoms with Crippen LogP contribution >= 0.6 is 22.7 Å². The number of quaternary nitrogens is 1. The molecule has 4 atom stereocenters. The van der Waals surface area contributed by atoms with E-state index in [1.54, 1.807) is 0 Å². The molecule has 1 aliphatic heterocycles. The van der Waals surface area contributed by atoms with Crippen LogP contribution in [0.4, 0.5) is 0 Å². The van der Waals surface area contributed by atoms with Gasteiger partial charge in [0, 0.05) is 24.7 Å². The molecule has 1 aromatic carbocycles. The Bertz CT molecular complexity index is 1110. The van der Waals surface area contributed by atoms with Crippen molar-refractivity contribution in [2.45, 2.75) is 55.8 Å². The molecular formula is C29H34BrNO3S2. The van der Waals surface area contributed by atoms with Gasteiger partial charge in [-0.15, -0.1) is 22.7 Å². The van der Waals surface area contributed by atoms with Crippen LogP contribution in [0.15, 0.2) is 65.4 Å². The van der Waals surface area contributed by atoms with Crippen LogP contribution in [-0.2, 0) is 15.1 Å². The third-order valence-electron chi connectivity index (χ3n) is 9.08. The van der Waals surface area contributed by atoms with E-state index in [0.717, 1.165) is 17.3 Å². The Labute approximate surface area is 232 Å². The number of halogens is 1. The Morgan fingerprint density at radius 3 is 2.17 bits per heavy atom. The molecule has 0 amide bonds. The van der Waals surface area contributed by atoms with Gasteiger partial charge in [0.05, 0.1) is 35.9 Å². The number of fused-ring (bicyclic) bond motifs is 2. The number of aliphatic hydroxyl groups is 1. The minimum atomic E-state index is -1.72. The molecule has 0 spiro atoms. The van der Waals surface area contributed by atoms with Gasteiger partial charge in [0.2, 0.25) is 5.60 Å². The maximum absolute atomic E-state index is 13.6. The fourth-order valence-electron chi connectivity index (χ4n) is 7.37. The van der Waals surface area contributed by atoms with Crippen LogP contribution in [0.5, 0.6) is 0 Å². The number of thiophene rings is 2. The van der Waals surface area contributed by atoms with E-state index >= 15 is 0 Å². The number of nitrogens with zero attached hydrogens (tertiary/aromatic N) is 1. The van der Waals surface area contributed by atoms with Gasteiger partial charge >= 0.3 is 5.97 Å². The van der Waals surface area contributed by atoms with Crippen LogP contribution < -0.4 is 17.0 Å². The summed E-state index contributed by atoms with van der Waals surface area (Å²) in [6.45, 7) is 2.37. The van der Waals surface area contributed by atoms with Gasteiger partial charge in [-0.3, -0.25) is 0 Å². The zero-order valence-electron chi connectivity index (χ0n) is 20.6. The molecule has 0 unspecified atom stereocenters. The molecule has 6 rings (SSSR count). The number of likely N-dealkylation sites (tertiary alicyclic amines) is 1. The van der Waals surface area contributed by atoms with E-state index in [0.29, 0.717) is 33.5 Å². The Kier molecular flexibility index (Phi) is 7.50. The van der Waals surface area contributed by atoms with Gasteiger partial charge in [0.25, 0.3) is 0 Å². The molecule has 1 N–H and O–H groups in total. The van der Waals surface area contributed by atoms with E-state index in [-0.39, 0.29) is 23.1 Å². The average molecular weight is 589 g/mol. The molecule has 2 aromatic heterocycles. The predicted molar refractivity (Wildman–Crippen MR) is 140 cm³/mol. The summed E-state index contributed by atoms with van der Waals surface area (Å²) in [4.78, 5) is 14.9. The second-order valence-electron chi connectivity index (χ2n) is 10.9. The average Bonchev–Trinajstić information content (AvgIpc) is 3.69. The highest BCUT2D eigenvalue weighted by molar-refractivity contribution is 7.12. The minimum Gasteiger partial charge on any atom is -1.00 e. The Hall–Kier alpha value is -1.51. The van der Waals surface area contributed by atoms with Gasteiger partial charge in [0.15, 0.2) is 0 Å². The first-order chi connectivity index (χ1) is 17.0. The quantitative estimate of drug-likeness (QED) is 0.356. The van der Waals surface area contributed by atoms with Crippen molar-refractivity contribution in [1.29, 1.82) is 0 Å². The molecule has 0 radical (unpaired) electrons. The number of piperidine rings is 1. The normalized spacial score (nSPS) is 31.7. The summed E-state index contributed by atoms with van der Waals surface area (Å²) in [5.74, 6) is 1.14. The second-order valence-corrected chi connectivity index (χ2v) is 12.8. The molecule has 2 aliphatic carbocycles. The molecule has 36 heavy (non-hydrogen) atoms. The molecular weight excluding hydrogens is 554 g/mol. The van der Waals surface area contributed by atoms with Crippen LogP contribution in [0.2, 0.25) is 0 Å². The lowest BCUT2D eigenvalue weighted by Crippen LogP contribution is -3.00. The number of carbonyl (C=O) groups is 1. The lowest BCUT2D eigenvalue weighted by atomic mass is 9.86. The van der Waals surface area contributed by atoms with Crippen LogP contribution in [0, 0.1) is 11.8 Å². The topological polar surface area (TPSA) is 46.5 Å². The van der Waals surface area contributed by atoms with Crippen molar-refractivity contribution < 1.29 is 36.1 Å². The molecule has 192 valence electrons. The number of esters is 1. The molecule has 2 bridgehead atoms. The highest BCUT2D eigenvalue weighted by atomic mass is 79.9. The molecule has 3 aliphatic rings. The van der Waals surface area contributed by atoms with Crippen LogP contribution in [0.1, 0.15) is 53.3 Å². The Morgan fingerprint density at radius 2 is 1.58 bits per heavy atom. The molecule has 4 nitrogen and oxygen atoms in total. The SMILES string of the molecule is C[N+]1([C@H]2[C@H]3CC[C@@H]2[C@H](OC(=O)C(O)(c2cccs2)c2cccs2)C3)CCC(c2ccccc2)CC1.[Br-]. The van der Waals surface area contributed by atoms with Crippen molar-refractivity contribution in [3.63, 3.8) is 0 Å². The molecule has 3 heterocycles. The van der Waals surface area contributed by atoms with Crippen LogP contribution in [-0.4, -0.2) is 47.8 Å². The summed E-state index contributed by atoms with van der Waals surface area (Å²) in [5.41, 5.74) is -0.243. The first kappa shape index (κ1) is 26.1. The number of ether oxygens (including phenoxy) is 1. The summed E-state index contributed by atoms with van der Waals surface area (Å²) in [6.07, 6.45) is 5.63. The van der Waals surface area contributed by atoms with Crippen molar-refractivity contribution in [2.24, 2.45) is 11.8 Å². The van der Waals surface area contributed by atoms with Crippen molar-refractivity contribution in [3.8, 4) is 0 Å². The van der Waals surface area contributed by atoms with E-state index in [9.17, 15) is 9.90 Å². The van der Waals surface area contributed by atoms with Crippen molar-refractivity contribution >= 4 is 28.6 Å². The highest BCUT2D eigenvalue weighted by Gasteiger charge is 2.59. The molecule has 7 heteroatoms. The fourth-order valence-corrected chi connectivity index (χ4v) is 9.08. The van der Waals surface area contributed by atoms with Gasteiger partial charge in [-0.25, -0.2) is 4.79 Å². The summed E-state index contributed by atoms with van der Waals surface area (Å²) in [5, 5.41) is 15.5. The van der Waals surface area contributed by atoms with Gasteiger partial charge in [-0.2, -0.15) is 0 Å². The molecule has 3 fully saturated rings. The lowest BCUT2D eigenvalue weighted by molar-refractivity contribution is -0.942. The lowest BCUT2D eigenvalue weighted by Gasteiger charge is -2.47. The molecule has 3 aromatic rings. The largest absolute Gasteiger partial charge is 1.00 e. The third kappa shape index (κ3) is 4.41. The summed E-state index contributed by atoms with van der Waals surface area (Å²) in [7, 11) is 2.44. The maximum atomic E-state index is 13.6. The van der Waals surface area contributed by atoms with E-state index in [2.05, 4.69) is 37.4 Å². The van der Waals surface area contributed by atoms with E-state index in [4.69, 9.17) is 4.74 Å². The predicted octanol–water partition coefficient (Wildman–Crippen LogP) is 2.78. The maximum Gasteiger partial charge on any atom is 0.349 e. The number of hydrogen-bond donors (Lipinski definition) is 1. The fraction of sp³-hybridized carbons (Fsp3) is 0.483. The first-order valence-electron chi connectivity index (χ1n) is 12.9. The van der Waals surface area contributed by atoms with Crippen LogP contribution in [0.25, 0.3) is 0 Å². The second kappa shape index (κ2) is 10.3. The minimum absolute atomic E-state index is 0. The van der Waals surface area contributed by atoms with Crippen LogP contribution in [0.3, 0.4) is 0 Å². The van der Waals surface area contributed by atoms with Crippen molar-refractivity contribution in [3.05, 3.63) is 80.7 Å². The van der Waals surface area contributed by atoms with Gasteiger partial charge in [0.1, 0.15) is 6.10 Å². The van der Waals surface area contributed by atoms with E-state index in [1.807, 2.05) is 35.0 Å². The number of carbonyl (C=O) groups excluding carboxylic acids is 1. The molecule has 1 saturated heterocycles. The Balaban J connectivity index is 0.00000267. The smallest absolute Gasteiger partial charge is 0.349 e. The number of rotatable bonds is 6. The highest BCUT2D eigenvalue weighted by Crippen LogP contribution is 2.52. The van der Waals surface area contributed by atoms with Crippen molar-refractivity contribution in [2.75, 3.05) is 20.1 Å². The van der Waals surface area contributed by atoms with E-state index < -0.39 is 11.6 Å². The van der Waals surface area contributed by atoms with Gasteiger partial charge < -0.3 is 31.3 Å². The number of hydrogen-bond acceptors (Lipinski definition) is 5. The van der Waals surface area contributed by atoms with Gasteiger partial charge in [-0.05, 0) is 53.6 Å². The zero-order valence-corrected chi connectivity index (χ0v) is 23.8. The zero-order chi connectivity index (χ0) is 24.0. The monoisotopic (exact) mass is 587 g/mol.